The van der Waals surface area contributed by atoms with Crippen LogP contribution in [0.5, 0.6) is 5.75 Å². The van der Waals surface area contributed by atoms with Crippen molar-refractivity contribution in [2.24, 2.45) is 0 Å². The van der Waals surface area contributed by atoms with Crippen molar-refractivity contribution >= 4 is 54.3 Å². The molecule has 0 saturated carbocycles. The molecular formula is C28H30N2OS4Si. The summed E-state index contributed by atoms with van der Waals surface area (Å²) < 4.78 is 8.36. The Kier molecular flexibility index (Phi) is 9.37. The van der Waals surface area contributed by atoms with Crippen molar-refractivity contribution in [3.63, 3.8) is 0 Å². The molecule has 4 rings (SSSR count). The van der Waals surface area contributed by atoms with Crippen molar-refractivity contribution in [2.45, 2.75) is 40.5 Å². The Hall–Kier alpha value is -2.02. The van der Waals surface area contributed by atoms with Crippen LogP contribution in [0.4, 0.5) is 0 Å². The van der Waals surface area contributed by atoms with Gasteiger partial charge in [-0.3, -0.25) is 4.98 Å². The summed E-state index contributed by atoms with van der Waals surface area (Å²) in [4.78, 5) is 7.24. The number of thioether (sulfide) groups is 2. The first-order valence-corrected chi connectivity index (χ1v) is 19.1. The van der Waals surface area contributed by atoms with Gasteiger partial charge in [-0.1, -0.05) is 25.7 Å². The highest BCUT2D eigenvalue weighted by molar-refractivity contribution is 8.01. The number of thiophene rings is 2. The molecular weight excluding hydrogens is 537 g/mol. The summed E-state index contributed by atoms with van der Waals surface area (Å²) in [7, 11) is 0.720. The van der Waals surface area contributed by atoms with E-state index in [1.54, 1.807) is 30.2 Å². The molecule has 3 heterocycles. The zero-order valence-corrected chi connectivity index (χ0v) is 25.3. The third kappa shape index (κ3) is 7.27. The summed E-state index contributed by atoms with van der Waals surface area (Å²) in [6.45, 7) is 7.29. The van der Waals surface area contributed by atoms with Crippen LogP contribution in [-0.2, 0) is 0 Å². The fourth-order valence-electron chi connectivity index (χ4n) is 3.52. The normalized spacial score (nSPS) is 11.4. The molecule has 36 heavy (non-hydrogen) atoms. The minimum Gasteiger partial charge on any atom is -0.496 e. The molecule has 0 unspecified atom stereocenters. The van der Waals surface area contributed by atoms with Crippen LogP contribution in [0.2, 0.25) is 25.7 Å². The summed E-state index contributed by atoms with van der Waals surface area (Å²) in [6, 6.07) is 22.8. The highest BCUT2D eigenvalue weighted by Crippen LogP contribution is 2.39. The Balaban J connectivity index is 1.46. The quantitative estimate of drug-likeness (QED) is 0.103. The Morgan fingerprint density at radius 1 is 0.889 bits per heavy atom. The smallest absolute Gasteiger partial charge is 0.128 e. The first-order valence-electron chi connectivity index (χ1n) is 11.8. The number of aromatic nitrogens is 1. The van der Waals surface area contributed by atoms with Gasteiger partial charge < -0.3 is 4.74 Å². The predicted octanol–water partition coefficient (Wildman–Crippen LogP) is 9.65. The molecule has 0 saturated heterocycles. The minimum absolute atomic E-state index is 0.567. The molecule has 0 aliphatic rings. The zero-order valence-electron chi connectivity index (χ0n) is 21.0. The number of nitriles is 1. The molecule has 3 nitrogen and oxygen atoms in total. The van der Waals surface area contributed by atoms with Gasteiger partial charge in [0.05, 0.1) is 27.3 Å². The molecule has 0 atom stereocenters. The lowest BCUT2D eigenvalue weighted by molar-refractivity contribution is 0.416. The fraction of sp³-hybridized carbons (Fsp3) is 0.286. The summed E-state index contributed by atoms with van der Waals surface area (Å²) in [5.74, 6) is 2.84. The van der Waals surface area contributed by atoms with Crippen LogP contribution >= 0.6 is 46.2 Å². The van der Waals surface area contributed by atoms with E-state index < -0.39 is 8.07 Å². The van der Waals surface area contributed by atoms with Gasteiger partial charge in [0.25, 0.3) is 0 Å². The van der Waals surface area contributed by atoms with Crippen LogP contribution in [-0.4, -0.2) is 31.7 Å². The maximum Gasteiger partial charge on any atom is 0.128 e. The van der Waals surface area contributed by atoms with Crippen LogP contribution in [0.25, 0.3) is 32.1 Å². The lowest BCUT2D eigenvalue weighted by Crippen LogP contribution is -2.19. The van der Waals surface area contributed by atoms with Crippen molar-refractivity contribution in [3.05, 3.63) is 60.8 Å². The van der Waals surface area contributed by atoms with E-state index in [9.17, 15) is 0 Å². The van der Waals surface area contributed by atoms with Gasteiger partial charge >= 0.3 is 0 Å². The topological polar surface area (TPSA) is 45.9 Å². The summed E-state index contributed by atoms with van der Waals surface area (Å²) >= 11 is 7.31. The van der Waals surface area contributed by atoms with Gasteiger partial charge in [-0.05, 0) is 65.9 Å². The second-order valence-electron chi connectivity index (χ2n) is 9.50. The Morgan fingerprint density at radius 3 is 2.17 bits per heavy atom. The van der Waals surface area contributed by atoms with Crippen LogP contribution in [0.3, 0.4) is 0 Å². The van der Waals surface area contributed by atoms with Gasteiger partial charge in [-0.25, -0.2) is 0 Å². The average Bonchev–Trinajstić information content (AvgIpc) is 3.53. The highest BCUT2D eigenvalue weighted by Gasteiger charge is 2.14. The van der Waals surface area contributed by atoms with Gasteiger partial charge in [0.15, 0.2) is 0 Å². The molecule has 0 fully saturated rings. The van der Waals surface area contributed by atoms with E-state index >= 15 is 0 Å². The molecule has 0 bridgehead atoms. The van der Waals surface area contributed by atoms with Crippen molar-refractivity contribution < 1.29 is 4.74 Å². The highest BCUT2D eigenvalue weighted by atomic mass is 32.2. The lowest BCUT2D eigenvalue weighted by Gasteiger charge is -2.14. The number of nitrogens with zero attached hydrogens (tertiary/aromatic N) is 2. The van der Waals surface area contributed by atoms with Crippen molar-refractivity contribution in [1.29, 1.82) is 5.26 Å². The number of methoxy groups -OCH3 is 1. The first kappa shape index (κ1) is 27.0. The minimum atomic E-state index is -0.990. The fourth-order valence-corrected chi connectivity index (χ4v) is 10.3. The molecule has 0 aliphatic carbocycles. The third-order valence-electron chi connectivity index (χ3n) is 5.53. The molecule has 0 radical (unpaired) electrons. The molecule has 1 aromatic carbocycles. The van der Waals surface area contributed by atoms with Gasteiger partial charge in [-0.15, -0.1) is 46.2 Å². The van der Waals surface area contributed by atoms with Crippen molar-refractivity contribution in [3.8, 4) is 44.0 Å². The molecule has 0 amide bonds. The van der Waals surface area contributed by atoms with E-state index in [4.69, 9.17) is 15.0 Å². The van der Waals surface area contributed by atoms with E-state index in [-0.39, 0.29) is 0 Å². The second-order valence-corrected chi connectivity index (χ2v) is 20.1. The summed E-state index contributed by atoms with van der Waals surface area (Å²) in [5, 5.41) is 8.75. The molecule has 0 N–H and O–H groups in total. The number of ether oxygens (including phenoxy) is 1. The average molecular weight is 567 g/mol. The molecule has 3 aromatic heterocycles. The summed E-state index contributed by atoms with van der Waals surface area (Å²) in [6.07, 6.45) is 2.53. The Bertz CT molecular complexity index is 1330. The number of hydrogen-bond acceptors (Lipinski definition) is 7. The Labute approximate surface area is 232 Å². The standard InChI is InChI=1S/C28H30N2OS4Si/c1-31-24-18-20(25-10-12-27(34-25)32-15-5-14-29)6-8-22(24)23-9-7-21(19-30-23)26-11-13-28(35-26)33-16-17-36(2,3)4/h6-13,18-19H,5,15-17H2,1-4H3. The van der Waals surface area contributed by atoms with E-state index in [1.165, 1.54) is 30.0 Å². The maximum atomic E-state index is 8.75. The molecule has 0 spiro atoms. The van der Waals surface area contributed by atoms with E-state index in [0.717, 1.165) is 33.9 Å². The van der Waals surface area contributed by atoms with Crippen molar-refractivity contribution in [2.75, 3.05) is 18.6 Å². The zero-order chi connectivity index (χ0) is 25.5. The molecule has 186 valence electrons. The van der Waals surface area contributed by atoms with Gasteiger partial charge in [0.2, 0.25) is 0 Å². The summed E-state index contributed by atoms with van der Waals surface area (Å²) in [5.41, 5.74) is 4.17. The largest absolute Gasteiger partial charge is 0.496 e. The van der Waals surface area contributed by atoms with Gasteiger partial charge in [0, 0.05) is 47.3 Å². The van der Waals surface area contributed by atoms with Gasteiger partial charge in [0.1, 0.15) is 5.75 Å². The van der Waals surface area contributed by atoms with E-state index in [2.05, 4.69) is 80.3 Å². The third-order valence-corrected chi connectivity index (χ3v) is 12.4. The maximum absolute atomic E-state index is 8.75. The van der Waals surface area contributed by atoms with Crippen LogP contribution < -0.4 is 4.74 Å². The second kappa shape index (κ2) is 12.5. The lowest BCUT2D eigenvalue weighted by atomic mass is 10.1. The number of benzene rings is 1. The number of pyridine rings is 1. The molecule has 8 heteroatoms. The Morgan fingerprint density at radius 2 is 1.56 bits per heavy atom. The van der Waals surface area contributed by atoms with Crippen LogP contribution in [0.15, 0.2) is 69.2 Å². The van der Waals surface area contributed by atoms with Gasteiger partial charge in [-0.2, -0.15) is 5.26 Å². The molecule has 0 aliphatic heterocycles. The van der Waals surface area contributed by atoms with Crippen LogP contribution in [0, 0.1) is 11.3 Å². The van der Waals surface area contributed by atoms with E-state index in [1.807, 2.05) is 29.3 Å². The van der Waals surface area contributed by atoms with Crippen molar-refractivity contribution in [1.82, 2.24) is 4.98 Å². The van der Waals surface area contributed by atoms with Crippen LogP contribution in [0.1, 0.15) is 6.42 Å². The molecule has 4 aromatic rings. The predicted molar refractivity (Wildman–Crippen MR) is 163 cm³/mol. The monoisotopic (exact) mass is 566 g/mol. The van der Waals surface area contributed by atoms with E-state index in [0.29, 0.717) is 6.42 Å². The first-order chi connectivity index (χ1) is 17.4. The SMILES string of the molecule is COc1cc(-c2ccc(SCCC#N)s2)ccc1-c1ccc(-c2ccc(SCC[Si](C)(C)C)s2)cn1. The number of hydrogen-bond donors (Lipinski definition) is 0. The number of rotatable bonds is 11.